The van der Waals surface area contributed by atoms with Gasteiger partial charge in [0.1, 0.15) is 11.9 Å². The van der Waals surface area contributed by atoms with E-state index in [-0.39, 0.29) is 12.2 Å². The monoisotopic (exact) mass is 519 g/mol. The van der Waals surface area contributed by atoms with Gasteiger partial charge in [-0.2, -0.15) is 0 Å². The highest BCUT2D eigenvalue weighted by atomic mass is 32.1. The van der Waals surface area contributed by atoms with Crippen molar-refractivity contribution in [1.29, 1.82) is 0 Å². The Balaban J connectivity index is 1.86. The average Bonchev–Trinajstić information content (AvgIpc) is 3.23. The number of Topliss-reactive ketones (excluding diaryl/α,β-unsaturated/α-hetero) is 1. The Bertz CT molecular complexity index is 946. The van der Waals surface area contributed by atoms with Crippen molar-refractivity contribution in [2.24, 2.45) is 17.3 Å². The molecule has 2 aliphatic rings. The molecule has 1 aromatic rings. The van der Waals surface area contributed by atoms with Gasteiger partial charge in [-0.3, -0.25) is 9.59 Å². The van der Waals surface area contributed by atoms with Gasteiger partial charge in [0.05, 0.1) is 34.2 Å². The van der Waals surface area contributed by atoms with Gasteiger partial charge in [0, 0.05) is 24.3 Å². The Kier molecular flexibility index (Phi) is 10.0. The zero-order valence-electron chi connectivity index (χ0n) is 22.2. The first-order valence-corrected chi connectivity index (χ1v) is 13.8. The third-order valence-electron chi connectivity index (χ3n) is 7.15. The number of ketones is 1. The molecule has 6 atom stereocenters. The van der Waals surface area contributed by atoms with Crippen molar-refractivity contribution < 1.29 is 28.9 Å². The maximum absolute atomic E-state index is 13.7. The Hall–Kier alpha value is -1.87. The van der Waals surface area contributed by atoms with Crippen LogP contribution in [0, 0.1) is 24.2 Å². The van der Waals surface area contributed by atoms with Crippen LogP contribution in [-0.2, 0) is 23.8 Å². The van der Waals surface area contributed by atoms with Gasteiger partial charge >= 0.3 is 5.97 Å². The number of rotatable bonds is 10. The van der Waals surface area contributed by atoms with E-state index in [9.17, 15) is 14.7 Å². The van der Waals surface area contributed by atoms with Crippen LogP contribution in [0.3, 0.4) is 0 Å². The fraction of sp³-hybridized carbons (Fsp3) is 0.679. The number of ether oxygens (including phenoxy) is 3. The SMILES string of the molecule is C=CCC(OC(=O)[C@H]1C[C@H](C[C@@H](C)O)C(=O)C(C)(C)[C@H]1OC1CCCCO1)/C(C)=C/c1csc(C)n1. The van der Waals surface area contributed by atoms with Crippen molar-refractivity contribution in [3.05, 3.63) is 34.3 Å². The number of carbonyl (C=O) groups is 2. The molecule has 1 saturated carbocycles. The topological polar surface area (TPSA) is 95.0 Å². The highest BCUT2D eigenvalue weighted by Crippen LogP contribution is 2.44. The molecule has 1 aromatic heterocycles. The molecule has 1 aliphatic heterocycles. The maximum atomic E-state index is 13.7. The first kappa shape index (κ1) is 28.7. The molecule has 2 unspecified atom stereocenters. The summed E-state index contributed by atoms with van der Waals surface area (Å²) in [6.07, 6.45) is 5.11. The molecule has 2 heterocycles. The lowest BCUT2D eigenvalue weighted by molar-refractivity contribution is -0.231. The molecule has 1 aliphatic carbocycles. The van der Waals surface area contributed by atoms with Crippen LogP contribution in [0.15, 0.2) is 23.6 Å². The van der Waals surface area contributed by atoms with Crippen LogP contribution in [0.1, 0.15) is 76.9 Å². The molecule has 200 valence electrons. The number of carbonyl (C=O) groups excluding carboxylic acids is 2. The Morgan fingerprint density at radius 1 is 1.42 bits per heavy atom. The number of hydrogen-bond acceptors (Lipinski definition) is 8. The van der Waals surface area contributed by atoms with E-state index in [0.717, 1.165) is 35.5 Å². The van der Waals surface area contributed by atoms with Crippen molar-refractivity contribution >= 4 is 29.2 Å². The van der Waals surface area contributed by atoms with Gasteiger partial charge in [-0.25, -0.2) is 4.98 Å². The number of thiazole rings is 1. The quantitative estimate of drug-likeness (QED) is 0.333. The summed E-state index contributed by atoms with van der Waals surface area (Å²) in [6, 6.07) is 0. The summed E-state index contributed by atoms with van der Waals surface area (Å²) in [5.41, 5.74) is 0.768. The maximum Gasteiger partial charge on any atom is 0.312 e. The zero-order valence-corrected chi connectivity index (χ0v) is 23.0. The predicted octanol–water partition coefficient (Wildman–Crippen LogP) is 5.26. The zero-order chi connectivity index (χ0) is 26.5. The Labute approximate surface area is 218 Å². The second-order valence-corrected chi connectivity index (χ2v) is 11.8. The lowest BCUT2D eigenvalue weighted by Crippen LogP contribution is -2.56. The molecular formula is C28H41NO6S. The van der Waals surface area contributed by atoms with Crippen molar-refractivity contribution in [2.45, 2.75) is 97.7 Å². The minimum absolute atomic E-state index is 0.00544. The summed E-state index contributed by atoms with van der Waals surface area (Å²) in [5, 5.41) is 13.0. The average molecular weight is 520 g/mol. The summed E-state index contributed by atoms with van der Waals surface area (Å²) in [7, 11) is 0. The molecule has 0 radical (unpaired) electrons. The minimum Gasteiger partial charge on any atom is -0.457 e. The van der Waals surface area contributed by atoms with Crippen molar-refractivity contribution in [3.8, 4) is 0 Å². The number of aromatic nitrogens is 1. The molecule has 0 amide bonds. The highest BCUT2D eigenvalue weighted by Gasteiger charge is 2.54. The molecule has 2 fully saturated rings. The third kappa shape index (κ3) is 7.12. The molecule has 0 bridgehead atoms. The van der Waals surface area contributed by atoms with Crippen LogP contribution in [0.25, 0.3) is 6.08 Å². The minimum atomic E-state index is -0.931. The Morgan fingerprint density at radius 2 is 2.17 bits per heavy atom. The summed E-state index contributed by atoms with van der Waals surface area (Å²) in [6.45, 7) is 13.6. The fourth-order valence-electron chi connectivity index (χ4n) is 5.27. The van der Waals surface area contributed by atoms with Crippen molar-refractivity contribution in [3.63, 3.8) is 0 Å². The molecule has 1 N–H and O–H groups in total. The number of esters is 1. The van der Waals surface area contributed by atoms with Gasteiger partial charge < -0.3 is 19.3 Å². The molecule has 0 aromatic carbocycles. The second-order valence-electron chi connectivity index (χ2n) is 10.7. The summed E-state index contributed by atoms with van der Waals surface area (Å²) in [4.78, 5) is 31.6. The lowest BCUT2D eigenvalue weighted by atomic mass is 9.63. The summed E-state index contributed by atoms with van der Waals surface area (Å²) >= 11 is 1.57. The van der Waals surface area contributed by atoms with Gasteiger partial charge in [0.15, 0.2) is 6.29 Å². The molecule has 1 saturated heterocycles. The first-order chi connectivity index (χ1) is 17.0. The normalized spacial score (nSPS) is 28.4. The van der Waals surface area contributed by atoms with Crippen LogP contribution >= 0.6 is 11.3 Å². The molecular weight excluding hydrogens is 478 g/mol. The van der Waals surface area contributed by atoms with Crippen LogP contribution in [0.2, 0.25) is 0 Å². The van der Waals surface area contributed by atoms with E-state index in [1.165, 1.54) is 0 Å². The van der Waals surface area contributed by atoms with Gasteiger partial charge in [0.25, 0.3) is 0 Å². The van der Waals surface area contributed by atoms with E-state index in [1.807, 2.05) is 39.2 Å². The Morgan fingerprint density at radius 3 is 2.75 bits per heavy atom. The van der Waals surface area contributed by atoms with E-state index >= 15 is 0 Å². The molecule has 3 rings (SSSR count). The smallest absolute Gasteiger partial charge is 0.312 e. The number of aryl methyl sites for hydroxylation is 1. The fourth-order valence-corrected chi connectivity index (χ4v) is 5.84. The van der Waals surface area contributed by atoms with Crippen LogP contribution in [0.4, 0.5) is 0 Å². The largest absolute Gasteiger partial charge is 0.457 e. The standard InChI is InChI=1S/C28H41NO6S/c1-7-10-23(17(2)13-21-16-36-19(4)29-21)34-27(32)22-15-20(14-18(3)30)25(31)28(5,6)26(22)35-24-11-8-9-12-33-24/h7,13,16,18,20,22-24,26,30H,1,8-12,14-15H2,2-6H3/b17-13+/t18-,20+,22+,23?,24?,26+/m1/s1. The van der Waals surface area contributed by atoms with E-state index in [1.54, 1.807) is 24.3 Å². The van der Waals surface area contributed by atoms with Gasteiger partial charge in [-0.05, 0) is 64.5 Å². The summed E-state index contributed by atoms with van der Waals surface area (Å²) < 4.78 is 18.2. The molecule has 36 heavy (non-hydrogen) atoms. The first-order valence-electron chi connectivity index (χ1n) is 12.9. The van der Waals surface area contributed by atoms with Gasteiger partial charge in [-0.15, -0.1) is 17.9 Å². The van der Waals surface area contributed by atoms with E-state index in [4.69, 9.17) is 14.2 Å². The predicted molar refractivity (Wildman–Crippen MR) is 140 cm³/mol. The van der Waals surface area contributed by atoms with Gasteiger partial charge in [0.2, 0.25) is 0 Å². The number of aliphatic hydroxyl groups is 1. The van der Waals surface area contributed by atoms with Crippen LogP contribution < -0.4 is 0 Å². The molecule has 7 nitrogen and oxygen atoms in total. The van der Waals surface area contributed by atoms with Crippen LogP contribution in [-0.4, -0.2) is 53.1 Å². The highest BCUT2D eigenvalue weighted by molar-refractivity contribution is 7.09. The van der Waals surface area contributed by atoms with Crippen LogP contribution in [0.5, 0.6) is 0 Å². The second kappa shape index (κ2) is 12.6. The lowest BCUT2D eigenvalue weighted by Gasteiger charge is -2.46. The third-order valence-corrected chi connectivity index (χ3v) is 7.94. The van der Waals surface area contributed by atoms with E-state index < -0.39 is 47.8 Å². The van der Waals surface area contributed by atoms with Crippen molar-refractivity contribution in [1.82, 2.24) is 4.98 Å². The van der Waals surface area contributed by atoms with E-state index in [0.29, 0.717) is 19.4 Å². The molecule has 0 spiro atoms. The van der Waals surface area contributed by atoms with E-state index in [2.05, 4.69) is 11.6 Å². The summed E-state index contributed by atoms with van der Waals surface area (Å²) in [5.74, 6) is -1.50. The number of nitrogens with zero attached hydrogens (tertiary/aromatic N) is 1. The van der Waals surface area contributed by atoms with Crippen molar-refractivity contribution in [2.75, 3.05) is 6.61 Å². The molecule has 8 heteroatoms. The number of aliphatic hydroxyl groups excluding tert-OH is 1. The van der Waals surface area contributed by atoms with Gasteiger partial charge in [-0.1, -0.05) is 19.9 Å². The number of hydrogen-bond donors (Lipinski definition) is 1.